The van der Waals surface area contributed by atoms with Gasteiger partial charge in [-0.15, -0.1) is 0 Å². The summed E-state index contributed by atoms with van der Waals surface area (Å²) < 4.78 is 39.2. The molecule has 0 spiro atoms. The van der Waals surface area contributed by atoms with E-state index in [4.69, 9.17) is 33.2 Å². The summed E-state index contributed by atoms with van der Waals surface area (Å²) in [6.07, 6.45) is -12.4. The van der Waals surface area contributed by atoms with Gasteiger partial charge in [0.1, 0.15) is 42.7 Å². The van der Waals surface area contributed by atoms with Gasteiger partial charge in [0.25, 0.3) is 0 Å². The molecular weight excluding hydrogens is 460 g/mol. The van der Waals surface area contributed by atoms with Gasteiger partial charge < -0.3 is 63.8 Å². The van der Waals surface area contributed by atoms with Crippen LogP contribution in [0, 0.1) is 0 Å². The molecule has 13 atom stereocenters. The smallest absolute Gasteiger partial charge is 0.186 e. The Kier molecular flexibility index (Phi) is 9.12. The minimum absolute atomic E-state index is 0.101. The lowest BCUT2D eigenvalue weighted by atomic mass is 10.0. The second-order valence-electron chi connectivity index (χ2n) is 9.26. The van der Waals surface area contributed by atoms with Crippen molar-refractivity contribution in [2.75, 3.05) is 26.4 Å². The highest BCUT2D eigenvalue weighted by atomic mass is 16.7. The maximum absolute atomic E-state index is 10.8. The highest BCUT2D eigenvalue weighted by Gasteiger charge is 2.48. The third-order valence-corrected chi connectivity index (χ3v) is 6.57. The van der Waals surface area contributed by atoms with Crippen LogP contribution in [0.25, 0.3) is 0 Å². The molecule has 0 aromatic carbocycles. The number of hydrogen-bond donors (Lipinski definition) is 6. The van der Waals surface area contributed by atoms with Crippen LogP contribution in [0.3, 0.4) is 0 Å². The molecule has 0 radical (unpaired) electrons. The summed E-state index contributed by atoms with van der Waals surface area (Å²) in [4.78, 5) is 0. The Morgan fingerprint density at radius 1 is 0.706 bits per heavy atom. The zero-order chi connectivity index (χ0) is 24.4. The molecular formula is C21H36O13. The molecule has 4 saturated heterocycles. The fraction of sp³-hybridized carbons (Fsp3) is 1.00. The molecule has 4 aliphatic rings. The van der Waals surface area contributed by atoms with Gasteiger partial charge in [-0.25, -0.2) is 0 Å². The Morgan fingerprint density at radius 2 is 1.38 bits per heavy atom. The highest BCUT2D eigenvalue weighted by Crippen LogP contribution is 2.30. The van der Waals surface area contributed by atoms with E-state index in [0.29, 0.717) is 13.2 Å². The largest absolute Gasteiger partial charge is 0.390 e. The molecule has 6 N–H and O–H groups in total. The molecule has 4 fully saturated rings. The van der Waals surface area contributed by atoms with Crippen LogP contribution < -0.4 is 0 Å². The minimum atomic E-state index is -1.59. The zero-order valence-corrected chi connectivity index (χ0v) is 19.0. The van der Waals surface area contributed by atoms with Crippen molar-refractivity contribution < 1.29 is 63.8 Å². The van der Waals surface area contributed by atoms with Gasteiger partial charge in [-0.05, 0) is 19.8 Å². The monoisotopic (exact) mass is 496 g/mol. The predicted octanol–water partition coefficient (Wildman–Crippen LogP) is -3.03. The number of rotatable bonds is 6. The van der Waals surface area contributed by atoms with E-state index < -0.39 is 73.8 Å². The quantitative estimate of drug-likeness (QED) is 0.218. The van der Waals surface area contributed by atoms with Crippen molar-refractivity contribution in [3.8, 4) is 0 Å². The van der Waals surface area contributed by atoms with Gasteiger partial charge in [-0.1, -0.05) is 0 Å². The first kappa shape index (κ1) is 26.5. The van der Waals surface area contributed by atoms with Crippen LogP contribution in [0.1, 0.15) is 26.2 Å². The molecule has 13 heteroatoms. The number of ether oxygens (including phenoxy) is 7. The SMILES string of the molecule is C[C@@H]1O[C@@H](O[C@@H]2CCCOC2)C[C@H](O)[C@H]1O[C@@H]1OC[C@@H](O)[C@H](O[C@@H]2OC[C@@H](O)[C@H](O)[C@H]2O)[C@H]1O. The fourth-order valence-electron chi connectivity index (χ4n) is 4.61. The Morgan fingerprint density at radius 3 is 2.06 bits per heavy atom. The number of aliphatic hydroxyl groups is 6. The summed E-state index contributed by atoms with van der Waals surface area (Å²) in [5.74, 6) is 0. The van der Waals surface area contributed by atoms with E-state index in [1.807, 2.05) is 0 Å². The molecule has 0 amide bonds. The van der Waals surface area contributed by atoms with Crippen molar-refractivity contribution in [2.24, 2.45) is 0 Å². The number of aliphatic hydroxyl groups excluding tert-OH is 6. The molecule has 13 nitrogen and oxygen atoms in total. The van der Waals surface area contributed by atoms with Gasteiger partial charge in [0.05, 0.1) is 38.1 Å². The second kappa shape index (κ2) is 11.7. The van der Waals surface area contributed by atoms with Crippen LogP contribution in [0.15, 0.2) is 0 Å². The van der Waals surface area contributed by atoms with Crippen LogP contribution in [0.4, 0.5) is 0 Å². The highest BCUT2D eigenvalue weighted by molar-refractivity contribution is 4.90. The lowest BCUT2D eigenvalue weighted by molar-refractivity contribution is -0.353. The Balaban J connectivity index is 1.32. The summed E-state index contributed by atoms with van der Waals surface area (Å²) in [7, 11) is 0. The normalized spacial score (nSPS) is 50.7. The average Bonchev–Trinajstić information content (AvgIpc) is 2.81. The molecule has 0 aliphatic carbocycles. The Bertz CT molecular complexity index is 622. The van der Waals surface area contributed by atoms with E-state index in [1.165, 1.54) is 0 Å². The van der Waals surface area contributed by atoms with Gasteiger partial charge in [0.2, 0.25) is 0 Å². The molecule has 198 valence electrons. The van der Waals surface area contributed by atoms with Crippen molar-refractivity contribution in [2.45, 2.75) is 106 Å². The van der Waals surface area contributed by atoms with Crippen LogP contribution in [-0.4, -0.2) is 137 Å². The van der Waals surface area contributed by atoms with E-state index in [2.05, 4.69) is 0 Å². The van der Waals surface area contributed by atoms with Gasteiger partial charge in [0, 0.05) is 13.0 Å². The van der Waals surface area contributed by atoms with E-state index in [9.17, 15) is 30.6 Å². The first-order valence-corrected chi connectivity index (χ1v) is 11.8. The molecule has 0 unspecified atom stereocenters. The van der Waals surface area contributed by atoms with Gasteiger partial charge in [-0.3, -0.25) is 0 Å². The topological polar surface area (TPSA) is 186 Å². The van der Waals surface area contributed by atoms with Crippen molar-refractivity contribution in [1.82, 2.24) is 0 Å². The lowest BCUT2D eigenvalue weighted by Gasteiger charge is -2.45. The molecule has 0 saturated carbocycles. The molecule has 0 aromatic rings. The third kappa shape index (κ3) is 6.06. The summed E-state index contributed by atoms with van der Waals surface area (Å²) in [6, 6.07) is 0. The van der Waals surface area contributed by atoms with Crippen LogP contribution in [0.2, 0.25) is 0 Å². The average molecular weight is 497 g/mol. The van der Waals surface area contributed by atoms with Crippen molar-refractivity contribution >= 4 is 0 Å². The first-order valence-electron chi connectivity index (χ1n) is 11.8. The molecule has 34 heavy (non-hydrogen) atoms. The Hall–Kier alpha value is -0.520. The van der Waals surface area contributed by atoms with E-state index >= 15 is 0 Å². The molecule has 4 heterocycles. The summed E-state index contributed by atoms with van der Waals surface area (Å²) in [5, 5.41) is 61.2. The second-order valence-corrected chi connectivity index (χ2v) is 9.26. The maximum atomic E-state index is 10.8. The molecule has 4 aliphatic heterocycles. The van der Waals surface area contributed by atoms with Crippen LogP contribution in [0.5, 0.6) is 0 Å². The maximum Gasteiger partial charge on any atom is 0.186 e. The van der Waals surface area contributed by atoms with E-state index in [0.717, 1.165) is 12.8 Å². The van der Waals surface area contributed by atoms with Gasteiger partial charge in [-0.2, -0.15) is 0 Å². The van der Waals surface area contributed by atoms with Gasteiger partial charge in [0.15, 0.2) is 18.9 Å². The summed E-state index contributed by atoms with van der Waals surface area (Å²) in [5.41, 5.74) is 0. The zero-order valence-electron chi connectivity index (χ0n) is 19.0. The molecule has 4 rings (SSSR count). The Labute approximate surface area is 197 Å². The van der Waals surface area contributed by atoms with Crippen molar-refractivity contribution in [3.05, 3.63) is 0 Å². The van der Waals surface area contributed by atoms with Gasteiger partial charge >= 0.3 is 0 Å². The first-order chi connectivity index (χ1) is 16.2. The molecule has 0 aromatic heterocycles. The third-order valence-electron chi connectivity index (χ3n) is 6.57. The summed E-state index contributed by atoms with van der Waals surface area (Å²) in [6.45, 7) is 2.34. The lowest BCUT2D eigenvalue weighted by Crippen LogP contribution is -2.61. The van der Waals surface area contributed by atoms with Crippen molar-refractivity contribution in [3.63, 3.8) is 0 Å². The van der Waals surface area contributed by atoms with Crippen molar-refractivity contribution in [1.29, 1.82) is 0 Å². The van der Waals surface area contributed by atoms with Crippen LogP contribution >= 0.6 is 0 Å². The fourth-order valence-corrected chi connectivity index (χ4v) is 4.61. The minimum Gasteiger partial charge on any atom is -0.390 e. The summed E-state index contributed by atoms with van der Waals surface area (Å²) >= 11 is 0. The number of hydrogen-bond acceptors (Lipinski definition) is 13. The van der Waals surface area contributed by atoms with E-state index in [1.54, 1.807) is 6.92 Å². The van der Waals surface area contributed by atoms with Crippen LogP contribution in [-0.2, 0) is 33.2 Å². The standard InChI is InChI=1S/C21H36O13/c1-9-18(11(22)5-14(31-9)32-10-3-2-4-28-6-10)33-21-17(27)19(13(24)8-30-21)34-20-16(26)15(25)12(23)7-29-20/h9-27H,2-8H2,1H3/t9-,10+,11-,12+,13+,14-,15-,16+,17+,18-,19-,20-,21-/m0/s1. The van der Waals surface area contributed by atoms with E-state index in [-0.39, 0.29) is 25.7 Å². The molecule has 0 bridgehead atoms. The predicted molar refractivity (Wildman–Crippen MR) is 109 cm³/mol.